The number of rotatable bonds is 7. The second kappa shape index (κ2) is 8.41. The van der Waals surface area contributed by atoms with Gasteiger partial charge in [0.15, 0.2) is 6.23 Å². The van der Waals surface area contributed by atoms with E-state index in [-0.39, 0.29) is 16.7 Å². The molecule has 152 valence electrons. The molecule has 0 radical (unpaired) electrons. The molecule has 0 aliphatic carbocycles. The first-order valence-electron chi connectivity index (χ1n) is 7.48. The first-order valence-corrected chi connectivity index (χ1v) is 9.03. The number of anilines is 1. The van der Waals surface area contributed by atoms with Gasteiger partial charge in [-0.3, -0.25) is 4.79 Å². The Morgan fingerprint density at radius 3 is 2.18 bits per heavy atom. The summed E-state index contributed by atoms with van der Waals surface area (Å²) in [5.74, 6) is -2.33. The van der Waals surface area contributed by atoms with E-state index in [2.05, 4.69) is 9.97 Å². The van der Waals surface area contributed by atoms with E-state index < -0.39 is 45.0 Å². The number of aromatic nitrogens is 2. The van der Waals surface area contributed by atoms with Gasteiger partial charge < -0.3 is 14.6 Å². The fraction of sp³-hybridized carbons (Fsp3) is 0.267. The Balaban J connectivity index is 2.69. The average molecular weight is 418 g/mol. The molecule has 13 heteroatoms. The fourth-order valence-corrected chi connectivity index (χ4v) is 2.90. The minimum atomic E-state index is -4.37. The predicted molar refractivity (Wildman–Crippen MR) is 91.8 cm³/mol. The lowest BCUT2D eigenvalue weighted by atomic mass is 10.2. The second-order valence-corrected chi connectivity index (χ2v) is 6.75. The maximum atomic E-state index is 13.2. The van der Waals surface area contributed by atoms with Crippen molar-refractivity contribution in [3.05, 3.63) is 35.9 Å². The summed E-state index contributed by atoms with van der Waals surface area (Å²) in [5.41, 5.74) is -0.560. The van der Waals surface area contributed by atoms with Gasteiger partial charge >= 0.3 is 0 Å². The molecule has 1 aromatic carbocycles. The van der Waals surface area contributed by atoms with Crippen LogP contribution in [0.4, 0.5) is 14.7 Å². The molecule has 0 saturated carbocycles. The Bertz CT molecular complexity index is 951. The lowest BCUT2D eigenvalue weighted by Gasteiger charge is -2.26. The number of carbonyl (C=O) groups is 1. The summed E-state index contributed by atoms with van der Waals surface area (Å²) in [6.07, 6.45) is -6.12. The molecule has 1 amide bonds. The molecule has 2 aromatic rings. The number of halogens is 2. The van der Waals surface area contributed by atoms with Crippen molar-refractivity contribution in [2.45, 2.75) is 17.5 Å². The molecule has 2 rings (SSSR count). The van der Waals surface area contributed by atoms with E-state index >= 15 is 0 Å². The number of amides is 1. The van der Waals surface area contributed by atoms with Crippen LogP contribution in [0.25, 0.3) is 0 Å². The molecule has 1 atom stereocenters. The number of aliphatic hydroxyl groups excluding tert-OH is 1. The maximum absolute atomic E-state index is 13.2. The number of hydrogen-bond donors (Lipinski definition) is 2. The number of nitrogens with zero attached hydrogens (tertiary/aromatic N) is 3. The standard InChI is InChI=1S/C15H16F2N4O6S/c1-26-10-7-11(27-2)20-15(19-10)21(14(23)12(16)17)13(22)8-5-3-4-6-9(8)28(18,24)25/h3-7,12,14,23H,1-2H3,(H2,18,24,25). The zero-order chi connectivity index (χ0) is 21.1. The largest absolute Gasteiger partial charge is 0.481 e. The topological polar surface area (TPSA) is 145 Å². The second-order valence-electron chi connectivity index (χ2n) is 5.22. The van der Waals surface area contributed by atoms with Crippen molar-refractivity contribution in [1.29, 1.82) is 0 Å². The van der Waals surface area contributed by atoms with Gasteiger partial charge in [-0.15, -0.1) is 0 Å². The van der Waals surface area contributed by atoms with Crippen LogP contribution >= 0.6 is 0 Å². The highest BCUT2D eigenvalue weighted by Crippen LogP contribution is 2.26. The first kappa shape index (κ1) is 21.4. The van der Waals surface area contributed by atoms with Gasteiger partial charge in [0.25, 0.3) is 12.3 Å². The van der Waals surface area contributed by atoms with Gasteiger partial charge in [0, 0.05) is 0 Å². The number of sulfonamides is 1. The molecular formula is C15H16F2N4O6S. The average Bonchev–Trinajstić information content (AvgIpc) is 2.66. The van der Waals surface area contributed by atoms with Crippen molar-refractivity contribution >= 4 is 21.9 Å². The minimum Gasteiger partial charge on any atom is -0.481 e. The van der Waals surface area contributed by atoms with E-state index in [1.165, 1.54) is 32.4 Å². The Labute approximate surface area is 158 Å². The molecule has 3 N–H and O–H groups in total. The number of primary sulfonamides is 1. The number of hydrogen-bond acceptors (Lipinski definition) is 8. The molecule has 1 unspecified atom stereocenters. The Morgan fingerprint density at radius 2 is 1.71 bits per heavy atom. The highest BCUT2D eigenvalue weighted by Gasteiger charge is 2.36. The van der Waals surface area contributed by atoms with Crippen molar-refractivity contribution in [1.82, 2.24) is 9.97 Å². The molecule has 28 heavy (non-hydrogen) atoms. The molecule has 0 aliphatic heterocycles. The van der Waals surface area contributed by atoms with Crippen LogP contribution < -0.4 is 19.5 Å². The van der Waals surface area contributed by atoms with E-state index in [0.29, 0.717) is 0 Å². The van der Waals surface area contributed by atoms with Crippen LogP contribution in [0.3, 0.4) is 0 Å². The molecule has 0 spiro atoms. The molecule has 1 aromatic heterocycles. The highest BCUT2D eigenvalue weighted by atomic mass is 32.2. The Kier molecular flexibility index (Phi) is 6.43. The predicted octanol–water partition coefficient (Wildman–Crippen LogP) is 0.372. The van der Waals surface area contributed by atoms with Crippen molar-refractivity contribution in [2.75, 3.05) is 19.1 Å². The molecule has 1 heterocycles. The van der Waals surface area contributed by atoms with Crippen molar-refractivity contribution < 1.29 is 36.6 Å². The minimum absolute atomic E-state index is 0.125. The number of aliphatic hydroxyl groups is 1. The number of methoxy groups -OCH3 is 2. The summed E-state index contributed by atoms with van der Waals surface area (Å²) in [6, 6.07) is 5.85. The summed E-state index contributed by atoms with van der Waals surface area (Å²) in [5, 5.41) is 15.0. The third-order valence-corrected chi connectivity index (χ3v) is 4.40. The van der Waals surface area contributed by atoms with Gasteiger partial charge in [0.05, 0.1) is 30.7 Å². The van der Waals surface area contributed by atoms with Gasteiger partial charge in [-0.25, -0.2) is 27.2 Å². The van der Waals surface area contributed by atoms with Crippen LogP contribution in [0.5, 0.6) is 11.8 Å². The van der Waals surface area contributed by atoms with Crippen molar-refractivity contribution in [3.8, 4) is 11.8 Å². The van der Waals surface area contributed by atoms with E-state index in [0.717, 1.165) is 12.1 Å². The third kappa shape index (κ3) is 4.49. The normalized spacial score (nSPS) is 12.5. The molecule has 0 aliphatic rings. The van der Waals surface area contributed by atoms with E-state index in [1.54, 1.807) is 0 Å². The number of alkyl halides is 2. The van der Waals surface area contributed by atoms with Gasteiger partial charge in [0.2, 0.25) is 27.7 Å². The number of ether oxygens (including phenoxy) is 2. The van der Waals surface area contributed by atoms with Crippen molar-refractivity contribution in [3.63, 3.8) is 0 Å². The van der Waals surface area contributed by atoms with Crippen LogP contribution in [0.1, 0.15) is 10.4 Å². The molecule has 0 saturated heterocycles. The molecule has 0 bridgehead atoms. The smallest absolute Gasteiger partial charge is 0.283 e. The summed E-state index contributed by atoms with van der Waals surface area (Å²) in [7, 11) is -1.93. The zero-order valence-corrected chi connectivity index (χ0v) is 15.4. The maximum Gasteiger partial charge on any atom is 0.283 e. The van der Waals surface area contributed by atoms with Gasteiger partial charge in [-0.1, -0.05) is 12.1 Å². The summed E-state index contributed by atoms with van der Waals surface area (Å²) in [4.78, 5) is 19.9. The van der Waals surface area contributed by atoms with Crippen LogP contribution in [0.15, 0.2) is 35.2 Å². The summed E-state index contributed by atoms with van der Waals surface area (Å²) < 4.78 is 59.8. The fourth-order valence-electron chi connectivity index (χ4n) is 2.17. The summed E-state index contributed by atoms with van der Waals surface area (Å²) >= 11 is 0. The lowest BCUT2D eigenvalue weighted by Crippen LogP contribution is -2.46. The molecule has 0 fully saturated rings. The van der Waals surface area contributed by atoms with Crippen LogP contribution in [0.2, 0.25) is 0 Å². The van der Waals surface area contributed by atoms with Gasteiger partial charge in [-0.05, 0) is 12.1 Å². The van der Waals surface area contributed by atoms with Crippen molar-refractivity contribution in [2.24, 2.45) is 5.14 Å². The molecule has 10 nitrogen and oxygen atoms in total. The number of carbonyl (C=O) groups excluding carboxylic acids is 1. The van der Waals surface area contributed by atoms with E-state index in [4.69, 9.17) is 14.6 Å². The van der Waals surface area contributed by atoms with Crippen LogP contribution in [-0.2, 0) is 10.0 Å². The van der Waals surface area contributed by atoms with Gasteiger partial charge in [-0.2, -0.15) is 9.97 Å². The highest BCUT2D eigenvalue weighted by molar-refractivity contribution is 7.89. The van der Waals surface area contributed by atoms with Gasteiger partial charge in [0.1, 0.15) is 0 Å². The zero-order valence-electron chi connectivity index (χ0n) is 14.6. The SMILES string of the molecule is COc1cc(OC)nc(N(C(=O)c2ccccc2S(N)(=O)=O)C(O)C(F)F)n1. The Hall–Kier alpha value is -2.90. The van der Waals surface area contributed by atoms with E-state index in [1.807, 2.05) is 0 Å². The summed E-state index contributed by atoms with van der Waals surface area (Å²) in [6.45, 7) is 0. The lowest BCUT2D eigenvalue weighted by molar-refractivity contribution is -0.00538. The number of nitrogens with two attached hydrogens (primary N) is 1. The first-order chi connectivity index (χ1) is 13.1. The quantitative estimate of drug-likeness (QED) is 0.614. The number of benzene rings is 1. The van der Waals surface area contributed by atoms with Crippen LogP contribution in [0, 0.1) is 0 Å². The Morgan fingerprint density at radius 1 is 1.18 bits per heavy atom. The molecular weight excluding hydrogens is 402 g/mol. The van der Waals surface area contributed by atoms with E-state index in [9.17, 15) is 27.1 Å². The third-order valence-electron chi connectivity index (χ3n) is 3.43. The monoisotopic (exact) mass is 418 g/mol. The van der Waals surface area contributed by atoms with Crippen LogP contribution in [-0.4, -0.2) is 56.3 Å².